The molecule has 0 aromatic heterocycles. The van der Waals surface area contributed by atoms with E-state index in [2.05, 4.69) is 9.79 Å². The zero-order valence-electron chi connectivity index (χ0n) is 12.8. The van der Waals surface area contributed by atoms with E-state index in [0.29, 0.717) is 6.61 Å². The maximum Gasteiger partial charge on any atom is 0.262 e. The van der Waals surface area contributed by atoms with Crippen LogP contribution in [0, 0.1) is 13.8 Å². The molecular formula is C15H24N2O3S. The number of benzene rings is 1. The summed E-state index contributed by atoms with van der Waals surface area (Å²) in [5.41, 5.74) is 2.02. The second-order valence-corrected chi connectivity index (χ2v) is 7.23. The van der Waals surface area contributed by atoms with Gasteiger partial charge in [0.25, 0.3) is 10.0 Å². The van der Waals surface area contributed by atoms with Crippen molar-refractivity contribution >= 4 is 10.0 Å². The first-order chi connectivity index (χ1) is 9.99. The van der Waals surface area contributed by atoms with Crippen LogP contribution in [-0.2, 0) is 14.9 Å². The van der Waals surface area contributed by atoms with Gasteiger partial charge in [0.1, 0.15) is 0 Å². The highest BCUT2D eigenvalue weighted by molar-refractivity contribution is 7.89. The van der Waals surface area contributed by atoms with E-state index in [9.17, 15) is 8.42 Å². The lowest BCUT2D eigenvalue weighted by atomic mass is 10.1. The highest BCUT2D eigenvalue weighted by atomic mass is 32.2. The van der Waals surface area contributed by atoms with E-state index in [1.165, 1.54) is 19.3 Å². The summed E-state index contributed by atoms with van der Waals surface area (Å²) in [5, 5.41) is 0. The second kappa shape index (κ2) is 7.35. The lowest BCUT2D eigenvalue weighted by Gasteiger charge is -2.25. The molecule has 21 heavy (non-hydrogen) atoms. The van der Waals surface area contributed by atoms with Crippen LogP contribution in [0.1, 0.15) is 30.4 Å². The van der Waals surface area contributed by atoms with Gasteiger partial charge >= 0.3 is 0 Å². The van der Waals surface area contributed by atoms with Crippen LogP contribution in [-0.4, -0.2) is 39.6 Å². The van der Waals surface area contributed by atoms with Crippen LogP contribution < -0.4 is 4.89 Å². The molecule has 1 saturated heterocycles. The van der Waals surface area contributed by atoms with Crippen molar-refractivity contribution in [2.24, 2.45) is 0 Å². The molecule has 0 amide bonds. The number of hydrogen-bond acceptors (Lipinski definition) is 4. The van der Waals surface area contributed by atoms with Crippen molar-refractivity contribution in [3.63, 3.8) is 0 Å². The van der Waals surface area contributed by atoms with Crippen LogP contribution >= 0.6 is 0 Å². The minimum absolute atomic E-state index is 0.239. The summed E-state index contributed by atoms with van der Waals surface area (Å²) in [5.74, 6) is 0. The normalized spacial score (nSPS) is 17.0. The van der Waals surface area contributed by atoms with E-state index >= 15 is 0 Å². The summed E-state index contributed by atoms with van der Waals surface area (Å²) in [6.07, 6.45) is 3.72. The predicted octanol–water partition coefficient (Wildman–Crippen LogP) is 2.00. The standard InChI is InChI=1S/C15H24N2O3S/c1-13-6-7-15(12-14(13)2)21(18,19)16-20-11-10-17-8-4-3-5-9-17/h6-7,12,16H,3-5,8-11H2,1-2H3. The Morgan fingerprint density at radius 2 is 1.86 bits per heavy atom. The first-order valence-corrected chi connectivity index (χ1v) is 8.90. The molecule has 1 aliphatic heterocycles. The highest BCUT2D eigenvalue weighted by Crippen LogP contribution is 2.14. The fourth-order valence-corrected chi connectivity index (χ4v) is 3.32. The molecule has 0 bridgehead atoms. The molecule has 1 heterocycles. The van der Waals surface area contributed by atoms with Crippen LogP contribution in [0.2, 0.25) is 0 Å². The largest absolute Gasteiger partial charge is 0.301 e. The molecule has 2 rings (SSSR count). The third kappa shape index (κ3) is 4.78. The number of hydrogen-bond donors (Lipinski definition) is 1. The number of piperidine rings is 1. The lowest BCUT2D eigenvalue weighted by molar-refractivity contribution is 0.0656. The zero-order valence-corrected chi connectivity index (χ0v) is 13.6. The Labute approximate surface area is 127 Å². The van der Waals surface area contributed by atoms with E-state index in [4.69, 9.17) is 4.84 Å². The van der Waals surface area contributed by atoms with Crippen LogP contribution in [0.15, 0.2) is 23.1 Å². The zero-order chi connectivity index (χ0) is 15.3. The molecule has 6 heteroatoms. The van der Waals surface area contributed by atoms with Crippen molar-refractivity contribution in [1.29, 1.82) is 0 Å². The molecule has 1 N–H and O–H groups in total. The summed E-state index contributed by atoms with van der Waals surface area (Å²) >= 11 is 0. The fraction of sp³-hybridized carbons (Fsp3) is 0.600. The number of likely N-dealkylation sites (tertiary alicyclic amines) is 1. The number of nitrogens with one attached hydrogen (secondary N) is 1. The molecule has 1 aromatic rings. The van der Waals surface area contributed by atoms with E-state index in [-0.39, 0.29) is 4.90 Å². The highest BCUT2D eigenvalue weighted by Gasteiger charge is 2.15. The second-order valence-electron chi connectivity index (χ2n) is 5.58. The topological polar surface area (TPSA) is 58.6 Å². The van der Waals surface area contributed by atoms with E-state index < -0.39 is 10.0 Å². The molecule has 5 nitrogen and oxygen atoms in total. The molecule has 0 spiro atoms. The molecule has 0 atom stereocenters. The molecule has 1 aliphatic rings. The van der Waals surface area contributed by atoms with Crippen molar-refractivity contribution in [3.8, 4) is 0 Å². The molecule has 1 aromatic carbocycles. The van der Waals surface area contributed by atoms with Crippen molar-refractivity contribution in [2.75, 3.05) is 26.2 Å². The summed E-state index contributed by atoms with van der Waals surface area (Å²) in [7, 11) is -3.59. The van der Waals surface area contributed by atoms with Crippen LogP contribution in [0.4, 0.5) is 0 Å². The maximum absolute atomic E-state index is 12.1. The van der Waals surface area contributed by atoms with Gasteiger partial charge in [-0.3, -0.25) is 4.84 Å². The summed E-state index contributed by atoms with van der Waals surface area (Å²) in [4.78, 5) is 9.89. The Bertz CT molecular complexity index is 566. The van der Waals surface area contributed by atoms with Gasteiger partial charge in [0, 0.05) is 6.54 Å². The number of rotatable bonds is 6. The Hall–Kier alpha value is -0.950. The average Bonchev–Trinajstić information content (AvgIpc) is 2.47. The minimum atomic E-state index is -3.59. The van der Waals surface area contributed by atoms with Crippen LogP contribution in [0.25, 0.3) is 0 Å². The molecule has 1 fully saturated rings. The lowest BCUT2D eigenvalue weighted by Crippen LogP contribution is -2.35. The number of aryl methyl sites for hydroxylation is 2. The van der Waals surface area contributed by atoms with Gasteiger partial charge in [-0.05, 0) is 63.0 Å². The summed E-state index contributed by atoms with van der Waals surface area (Å²) in [6, 6.07) is 5.06. The first kappa shape index (κ1) is 16.4. The maximum atomic E-state index is 12.1. The van der Waals surface area contributed by atoms with Crippen LogP contribution in [0.5, 0.6) is 0 Å². The first-order valence-electron chi connectivity index (χ1n) is 7.42. The monoisotopic (exact) mass is 312 g/mol. The van der Waals surface area contributed by atoms with Gasteiger partial charge in [0.2, 0.25) is 0 Å². The number of nitrogens with zero attached hydrogens (tertiary/aromatic N) is 1. The Morgan fingerprint density at radius 1 is 1.14 bits per heavy atom. The Morgan fingerprint density at radius 3 is 2.52 bits per heavy atom. The predicted molar refractivity (Wildman–Crippen MR) is 82.5 cm³/mol. The van der Waals surface area contributed by atoms with Gasteiger partial charge in [-0.1, -0.05) is 17.4 Å². The van der Waals surface area contributed by atoms with Gasteiger partial charge in [0.05, 0.1) is 11.5 Å². The summed E-state index contributed by atoms with van der Waals surface area (Å²) in [6.45, 7) is 7.12. The van der Waals surface area contributed by atoms with E-state index in [1.54, 1.807) is 18.2 Å². The van der Waals surface area contributed by atoms with Gasteiger partial charge in [-0.25, -0.2) is 8.42 Å². The number of sulfonamides is 1. The average molecular weight is 312 g/mol. The van der Waals surface area contributed by atoms with Crippen molar-refractivity contribution in [3.05, 3.63) is 29.3 Å². The molecule has 0 radical (unpaired) electrons. The molecule has 0 saturated carbocycles. The van der Waals surface area contributed by atoms with Gasteiger partial charge < -0.3 is 4.90 Å². The van der Waals surface area contributed by atoms with Gasteiger partial charge in [0.15, 0.2) is 0 Å². The minimum Gasteiger partial charge on any atom is -0.301 e. The smallest absolute Gasteiger partial charge is 0.262 e. The molecular weight excluding hydrogens is 288 g/mol. The Kier molecular flexibility index (Phi) is 5.75. The van der Waals surface area contributed by atoms with Gasteiger partial charge in [-0.15, -0.1) is 0 Å². The quantitative estimate of drug-likeness (QED) is 0.645. The van der Waals surface area contributed by atoms with Gasteiger partial charge in [-0.2, -0.15) is 0 Å². The molecule has 118 valence electrons. The van der Waals surface area contributed by atoms with Crippen molar-refractivity contribution < 1.29 is 13.3 Å². The third-order valence-corrected chi connectivity index (χ3v) is 5.13. The Balaban J connectivity index is 1.82. The molecule has 0 unspecified atom stereocenters. The van der Waals surface area contributed by atoms with Crippen molar-refractivity contribution in [1.82, 2.24) is 9.79 Å². The third-order valence-electron chi connectivity index (χ3n) is 3.92. The van der Waals surface area contributed by atoms with Crippen LogP contribution in [0.3, 0.4) is 0 Å². The van der Waals surface area contributed by atoms with E-state index in [0.717, 1.165) is 30.8 Å². The fourth-order valence-electron chi connectivity index (χ4n) is 2.41. The SMILES string of the molecule is Cc1ccc(S(=O)(=O)NOCCN2CCCCC2)cc1C. The van der Waals surface area contributed by atoms with Crippen molar-refractivity contribution in [2.45, 2.75) is 38.0 Å². The molecule has 0 aliphatic carbocycles. The summed E-state index contributed by atoms with van der Waals surface area (Å²) < 4.78 is 24.2. The van der Waals surface area contributed by atoms with E-state index in [1.807, 2.05) is 13.8 Å².